The molecule has 1 aromatic heterocycles. The fourth-order valence-electron chi connectivity index (χ4n) is 3.07. The Morgan fingerprint density at radius 2 is 1.85 bits per heavy atom. The summed E-state index contributed by atoms with van der Waals surface area (Å²) < 4.78 is 0. The summed E-state index contributed by atoms with van der Waals surface area (Å²) in [6, 6.07) is 12.2. The lowest BCUT2D eigenvalue weighted by atomic mass is 10.2. The van der Waals surface area contributed by atoms with Crippen molar-refractivity contribution < 1.29 is 14.7 Å². The van der Waals surface area contributed by atoms with Gasteiger partial charge in [-0.25, -0.2) is 4.98 Å². The van der Waals surface area contributed by atoms with E-state index in [1.54, 1.807) is 36.4 Å². The second kappa shape index (κ2) is 7.97. The van der Waals surface area contributed by atoms with Gasteiger partial charge >= 0.3 is 0 Å². The molecule has 1 aliphatic heterocycles. The first-order valence-corrected chi connectivity index (χ1v) is 8.60. The maximum atomic E-state index is 12.5. The number of benzene rings is 1. The molecule has 0 aliphatic carbocycles. The lowest BCUT2D eigenvalue weighted by molar-refractivity contribution is -0.114. The summed E-state index contributed by atoms with van der Waals surface area (Å²) in [6.45, 7) is 2.35. The minimum absolute atomic E-state index is 0.0575. The lowest BCUT2D eigenvalue weighted by Crippen LogP contribution is -2.33. The fraction of sp³-hybridized carbons (Fsp3) is 0.316. The molecule has 2 heterocycles. The molecular weight excluding hydrogens is 332 g/mol. The molecule has 3 rings (SSSR count). The second-order valence-corrected chi connectivity index (χ2v) is 6.27. The van der Waals surface area contributed by atoms with Crippen LogP contribution in [0.2, 0.25) is 0 Å². The van der Waals surface area contributed by atoms with E-state index in [2.05, 4.69) is 15.6 Å². The third-order valence-corrected chi connectivity index (χ3v) is 4.31. The van der Waals surface area contributed by atoms with Crippen LogP contribution in [0.3, 0.4) is 0 Å². The standard InChI is InChI=1S/C19H22N4O3/c1-13(25)20-14-7-9-15(10-8-14)21-19(26)17-5-2-6-18(22-17)23-11-3-4-16(23)12-24/h2,5-10,16,24H,3-4,11-12H2,1H3,(H,20,25)(H,21,26). The average Bonchev–Trinajstić information content (AvgIpc) is 3.12. The molecule has 1 saturated heterocycles. The third kappa shape index (κ3) is 4.18. The van der Waals surface area contributed by atoms with Crippen LogP contribution in [-0.2, 0) is 4.79 Å². The number of carbonyl (C=O) groups excluding carboxylic acids is 2. The summed E-state index contributed by atoms with van der Waals surface area (Å²) in [5, 5.41) is 14.9. The van der Waals surface area contributed by atoms with Gasteiger partial charge in [-0.2, -0.15) is 0 Å². The quantitative estimate of drug-likeness (QED) is 0.766. The Morgan fingerprint density at radius 3 is 2.50 bits per heavy atom. The van der Waals surface area contributed by atoms with Crippen LogP contribution in [0.5, 0.6) is 0 Å². The predicted octanol–water partition coefficient (Wildman–Crippen LogP) is 2.25. The van der Waals surface area contributed by atoms with E-state index < -0.39 is 0 Å². The number of anilines is 3. The Hall–Kier alpha value is -2.93. The molecule has 0 saturated carbocycles. The van der Waals surface area contributed by atoms with E-state index in [1.807, 2.05) is 11.0 Å². The highest BCUT2D eigenvalue weighted by Crippen LogP contribution is 2.24. The summed E-state index contributed by atoms with van der Waals surface area (Å²) in [4.78, 5) is 30.0. The topological polar surface area (TPSA) is 94.6 Å². The van der Waals surface area contributed by atoms with Crippen LogP contribution in [0.15, 0.2) is 42.5 Å². The number of aliphatic hydroxyl groups excluding tert-OH is 1. The molecule has 1 unspecified atom stereocenters. The maximum Gasteiger partial charge on any atom is 0.274 e. The van der Waals surface area contributed by atoms with Crippen LogP contribution >= 0.6 is 0 Å². The molecule has 2 aromatic rings. The van der Waals surface area contributed by atoms with Gasteiger partial charge in [0.25, 0.3) is 5.91 Å². The van der Waals surface area contributed by atoms with Crippen molar-refractivity contribution in [3.63, 3.8) is 0 Å². The molecular formula is C19H22N4O3. The van der Waals surface area contributed by atoms with Gasteiger partial charge < -0.3 is 20.6 Å². The number of amides is 2. The predicted molar refractivity (Wildman–Crippen MR) is 100 cm³/mol. The summed E-state index contributed by atoms with van der Waals surface area (Å²) in [5.41, 5.74) is 1.60. The minimum Gasteiger partial charge on any atom is -0.394 e. The van der Waals surface area contributed by atoms with Gasteiger partial charge in [-0.3, -0.25) is 9.59 Å². The molecule has 1 aromatic carbocycles. The molecule has 7 heteroatoms. The number of rotatable bonds is 5. The zero-order valence-corrected chi connectivity index (χ0v) is 14.6. The zero-order chi connectivity index (χ0) is 18.5. The second-order valence-electron chi connectivity index (χ2n) is 6.27. The van der Waals surface area contributed by atoms with Crippen LogP contribution in [0.25, 0.3) is 0 Å². The zero-order valence-electron chi connectivity index (χ0n) is 14.6. The molecule has 1 aliphatic rings. The number of pyridine rings is 1. The van der Waals surface area contributed by atoms with Gasteiger partial charge in [0.15, 0.2) is 0 Å². The normalized spacial score (nSPS) is 16.4. The highest BCUT2D eigenvalue weighted by molar-refractivity contribution is 6.03. The molecule has 1 atom stereocenters. The highest BCUT2D eigenvalue weighted by Gasteiger charge is 2.25. The first-order chi connectivity index (χ1) is 12.6. The number of hydrogen-bond acceptors (Lipinski definition) is 5. The van der Waals surface area contributed by atoms with Crippen molar-refractivity contribution in [2.75, 3.05) is 28.7 Å². The summed E-state index contributed by atoms with van der Waals surface area (Å²) >= 11 is 0. The van der Waals surface area contributed by atoms with Crippen LogP contribution in [0, 0.1) is 0 Å². The van der Waals surface area contributed by atoms with Crippen LogP contribution in [0.1, 0.15) is 30.3 Å². The summed E-state index contributed by atoms with van der Waals surface area (Å²) in [6.07, 6.45) is 1.93. The minimum atomic E-state index is -0.307. The van der Waals surface area contributed by atoms with Gasteiger partial charge in [0.1, 0.15) is 11.5 Å². The maximum absolute atomic E-state index is 12.5. The van der Waals surface area contributed by atoms with Crippen molar-refractivity contribution in [2.45, 2.75) is 25.8 Å². The number of nitrogens with zero attached hydrogens (tertiary/aromatic N) is 2. The molecule has 7 nitrogen and oxygen atoms in total. The van der Waals surface area contributed by atoms with E-state index in [9.17, 15) is 14.7 Å². The lowest BCUT2D eigenvalue weighted by Gasteiger charge is -2.24. The van der Waals surface area contributed by atoms with E-state index >= 15 is 0 Å². The molecule has 1 fully saturated rings. The Bertz CT molecular complexity index is 792. The van der Waals surface area contributed by atoms with Gasteiger partial charge in [-0.15, -0.1) is 0 Å². The number of hydrogen-bond donors (Lipinski definition) is 3. The highest BCUT2D eigenvalue weighted by atomic mass is 16.3. The van der Waals surface area contributed by atoms with Gasteiger partial charge in [0, 0.05) is 24.8 Å². The molecule has 0 spiro atoms. The first-order valence-electron chi connectivity index (χ1n) is 8.60. The smallest absolute Gasteiger partial charge is 0.274 e. The van der Waals surface area contributed by atoms with E-state index in [-0.39, 0.29) is 24.5 Å². The van der Waals surface area contributed by atoms with Gasteiger partial charge in [-0.1, -0.05) is 6.07 Å². The van der Waals surface area contributed by atoms with Crippen LogP contribution in [0.4, 0.5) is 17.2 Å². The van der Waals surface area contributed by atoms with E-state index in [1.165, 1.54) is 6.92 Å². The van der Waals surface area contributed by atoms with Gasteiger partial charge in [-0.05, 0) is 49.2 Å². The average molecular weight is 354 g/mol. The number of aromatic nitrogens is 1. The number of carbonyl (C=O) groups is 2. The van der Waals surface area contributed by atoms with Gasteiger partial charge in [0.2, 0.25) is 5.91 Å². The third-order valence-electron chi connectivity index (χ3n) is 4.31. The van der Waals surface area contributed by atoms with Crippen molar-refractivity contribution in [2.24, 2.45) is 0 Å². The fourth-order valence-corrected chi connectivity index (χ4v) is 3.07. The monoisotopic (exact) mass is 354 g/mol. The molecule has 26 heavy (non-hydrogen) atoms. The van der Waals surface area contributed by atoms with Crippen LogP contribution in [-0.4, -0.2) is 41.1 Å². The Balaban J connectivity index is 1.70. The molecule has 0 bridgehead atoms. The van der Waals surface area contributed by atoms with E-state index in [0.717, 1.165) is 19.4 Å². The Kier molecular flexibility index (Phi) is 5.48. The van der Waals surface area contributed by atoms with Crippen molar-refractivity contribution in [1.82, 2.24) is 4.98 Å². The first kappa shape index (κ1) is 17.9. The van der Waals surface area contributed by atoms with Crippen LogP contribution < -0.4 is 15.5 Å². The molecule has 136 valence electrons. The molecule has 3 N–H and O–H groups in total. The van der Waals surface area contributed by atoms with Crippen molar-refractivity contribution in [3.05, 3.63) is 48.2 Å². The van der Waals surface area contributed by atoms with Crippen molar-refractivity contribution in [1.29, 1.82) is 0 Å². The summed E-state index contributed by atoms with van der Waals surface area (Å²) in [7, 11) is 0. The summed E-state index contributed by atoms with van der Waals surface area (Å²) in [5.74, 6) is 0.250. The Morgan fingerprint density at radius 1 is 1.15 bits per heavy atom. The largest absolute Gasteiger partial charge is 0.394 e. The Labute approximate surface area is 152 Å². The van der Waals surface area contributed by atoms with Gasteiger partial charge in [0.05, 0.1) is 12.6 Å². The van der Waals surface area contributed by atoms with E-state index in [4.69, 9.17) is 0 Å². The van der Waals surface area contributed by atoms with Crippen molar-refractivity contribution in [3.8, 4) is 0 Å². The van der Waals surface area contributed by atoms with E-state index in [0.29, 0.717) is 22.9 Å². The molecule has 2 amide bonds. The number of aliphatic hydroxyl groups is 1. The SMILES string of the molecule is CC(=O)Nc1ccc(NC(=O)c2cccc(N3CCCC3CO)n2)cc1. The van der Waals surface area contributed by atoms with Crippen molar-refractivity contribution >= 4 is 29.0 Å². The molecule has 0 radical (unpaired) electrons. The number of nitrogens with one attached hydrogen (secondary N) is 2.